The third-order valence-corrected chi connectivity index (χ3v) is 7.63. The summed E-state index contributed by atoms with van der Waals surface area (Å²) in [4.78, 5) is 25.6. The molecule has 1 saturated carbocycles. The van der Waals surface area contributed by atoms with Crippen LogP contribution in [0, 0.1) is 12.3 Å². The number of carbonyl (C=O) groups is 2. The van der Waals surface area contributed by atoms with Gasteiger partial charge in [0, 0.05) is 27.1 Å². The Labute approximate surface area is 221 Å². The van der Waals surface area contributed by atoms with E-state index in [2.05, 4.69) is 11.2 Å². The van der Waals surface area contributed by atoms with Gasteiger partial charge in [-0.1, -0.05) is 70.0 Å². The number of nitrogens with one attached hydrogen (secondary N) is 1. The smallest absolute Gasteiger partial charge is 0.255 e. The Balaban J connectivity index is 1.74. The minimum absolute atomic E-state index is 0.245. The van der Waals surface area contributed by atoms with Gasteiger partial charge >= 0.3 is 0 Å². The summed E-state index contributed by atoms with van der Waals surface area (Å²) in [6.07, 6.45) is 5.36. The van der Waals surface area contributed by atoms with Crippen molar-refractivity contribution in [1.29, 1.82) is 0 Å². The van der Waals surface area contributed by atoms with Crippen LogP contribution in [-0.4, -0.2) is 16.1 Å². The van der Waals surface area contributed by atoms with E-state index < -0.39 is 27.5 Å². The van der Waals surface area contributed by atoms with E-state index in [0.29, 0.717) is 32.3 Å². The van der Waals surface area contributed by atoms with E-state index in [1.54, 1.807) is 48.5 Å². The zero-order valence-electron chi connectivity index (χ0n) is 17.2. The number of primary amides is 1. The first-order valence-electron chi connectivity index (χ1n) is 9.84. The van der Waals surface area contributed by atoms with E-state index in [1.807, 2.05) is 0 Å². The van der Waals surface area contributed by atoms with Crippen molar-refractivity contribution >= 4 is 75.5 Å². The Hall–Kier alpha value is -2.39. The van der Waals surface area contributed by atoms with Crippen LogP contribution in [0.2, 0.25) is 15.1 Å². The second-order valence-corrected chi connectivity index (χ2v) is 10.5. The molecule has 3 aromatic rings. The maximum Gasteiger partial charge on any atom is 0.255 e. The highest BCUT2D eigenvalue weighted by Crippen LogP contribution is 2.74. The lowest BCUT2D eigenvalue weighted by Crippen LogP contribution is -2.34. The highest BCUT2D eigenvalue weighted by atomic mass is 35.5. The summed E-state index contributed by atoms with van der Waals surface area (Å²) in [5.74, 6) is 0.579. The number of anilines is 1. The molecule has 4 nitrogen and oxygen atoms in total. The van der Waals surface area contributed by atoms with E-state index >= 15 is 0 Å². The van der Waals surface area contributed by atoms with Crippen LogP contribution in [0.25, 0.3) is 0 Å². The lowest BCUT2D eigenvalue weighted by Gasteiger charge is -2.18. The topological polar surface area (TPSA) is 72.2 Å². The third-order valence-electron chi connectivity index (χ3n) is 5.83. The Kier molecular flexibility index (Phi) is 6.54. The van der Waals surface area contributed by atoms with E-state index in [-0.39, 0.29) is 10.7 Å². The third kappa shape index (κ3) is 4.02. The van der Waals surface area contributed by atoms with Crippen molar-refractivity contribution in [3.8, 4) is 12.3 Å². The summed E-state index contributed by atoms with van der Waals surface area (Å²) in [5, 5.41) is 3.70. The minimum Gasteiger partial charge on any atom is -0.369 e. The molecule has 34 heavy (non-hydrogen) atoms. The van der Waals surface area contributed by atoms with Gasteiger partial charge in [0.25, 0.3) is 5.91 Å². The van der Waals surface area contributed by atoms with E-state index in [9.17, 15) is 9.59 Å². The van der Waals surface area contributed by atoms with Gasteiger partial charge in [0.2, 0.25) is 5.91 Å². The van der Waals surface area contributed by atoms with Crippen molar-refractivity contribution in [1.82, 2.24) is 0 Å². The zero-order chi connectivity index (χ0) is 24.8. The predicted octanol–water partition coefficient (Wildman–Crippen LogP) is 6.57. The van der Waals surface area contributed by atoms with Crippen LogP contribution in [0.1, 0.15) is 33.0 Å². The fraction of sp³-hybridized carbons (Fsp3) is 0.120. The van der Waals surface area contributed by atoms with Gasteiger partial charge < -0.3 is 11.1 Å². The second kappa shape index (κ2) is 9.00. The van der Waals surface area contributed by atoms with Crippen LogP contribution in [0.4, 0.5) is 5.69 Å². The zero-order valence-corrected chi connectivity index (χ0v) is 21.0. The molecule has 2 atom stereocenters. The summed E-state index contributed by atoms with van der Waals surface area (Å²) in [6, 6.07) is 15.9. The molecule has 1 aliphatic rings. The maximum atomic E-state index is 12.8. The molecule has 2 amide bonds. The molecule has 3 aromatic carbocycles. The number of carbonyl (C=O) groups excluding carboxylic acids is 2. The quantitative estimate of drug-likeness (QED) is 0.277. The molecule has 0 bridgehead atoms. The van der Waals surface area contributed by atoms with Crippen molar-refractivity contribution in [3.05, 3.63) is 98.0 Å². The molecule has 0 spiro atoms. The molecule has 9 heteroatoms. The van der Waals surface area contributed by atoms with Crippen LogP contribution in [0.3, 0.4) is 0 Å². The molecule has 2 unspecified atom stereocenters. The van der Waals surface area contributed by atoms with Crippen LogP contribution >= 0.6 is 58.0 Å². The first-order valence-corrected chi connectivity index (χ1v) is 11.7. The molecule has 4 rings (SSSR count). The second-order valence-electron chi connectivity index (χ2n) is 7.80. The van der Waals surface area contributed by atoms with Crippen LogP contribution in [0.5, 0.6) is 0 Å². The average Bonchev–Trinajstić information content (AvgIpc) is 3.32. The lowest BCUT2D eigenvalue weighted by molar-refractivity contribution is -0.120. The Morgan fingerprint density at radius 2 is 1.56 bits per heavy atom. The number of nitrogens with two attached hydrogens (primary N) is 1. The van der Waals surface area contributed by atoms with Crippen molar-refractivity contribution in [2.24, 2.45) is 5.73 Å². The Morgan fingerprint density at radius 3 is 2.12 bits per heavy atom. The summed E-state index contributed by atoms with van der Waals surface area (Å²) >= 11 is 32.0. The Morgan fingerprint density at radius 1 is 0.941 bits per heavy atom. The number of amides is 2. The van der Waals surface area contributed by atoms with Gasteiger partial charge in [-0.15, -0.1) is 6.42 Å². The molecule has 0 saturated heterocycles. The fourth-order valence-electron chi connectivity index (χ4n) is 4.19. The van der Waals surface area contributed by atoms with E-state index in [4.69, 9.17) is 70.2 Å². The van der Waals surface area contributed by atoms with Crippen LogP contribution in [0.15, 0.2) is 60.7 Å². The SMILES string of the molecule is C#Cc1ccc(C(=O)Nc2cc(C3(C(N)=O)C(c4cc(Cl)cc(Cl)c4)C3(Cl)Cl)ccc2Cl)cc1. The molecular formula is C25H15Cl5N2O2. The number of alkyl halides is 2. The number of benzene rings is 3. The van der Waals surface area contributed by atoms with Crippen LogP contribution < -0.4 is 11.1 Å². The number of rotatable bonds is 5. The minimum atomic E-state index is -1.59. The largest absolute Gasteiger partial charge is 0.369 e. The number of terminal acetylenes is 1. The molecular weight excluding hydrogens is 538 g/mol. The van der Waals surface area contributed by atoms with Crippen molar-refractivity contribution in [2.75, 3.05) is 5.32 Å². The summed E-state index contributed by atoms with van der Waals surface area (Å²) in [7, 11) is 0. The monoisotopic (exact) mass is 550 g/mol. The average molecular weight is 553 g/mol. The molecule has 3 N–H and O–H groups in total. The van der Waals surface area contributed by atoms with Gasteiger partial charge in [-0.2, -0.15) is 0 Å². The van der Waals surface area contributed by atoms with Crippen LogP contribution in [-0.2, 0) is 10.2 Å². The van der Waals surface area contributed by atoms with Gasteiger partial charge in [0.05, 0.1) is 10.7 Å². The Bertz CT molecular complexity index is 1340. The van der Waals surface area contributed by atoms with Crippen molar-refractivity contribution < 1.29 is 9.59 Å². The molecule has 0 aromatic heterocycles. The molecule has 0 radical (unpaired) electrons. The summed E-state index contributed by atoms with van der Waals surface area (Å²) in [5.41, 5.74) is 6.53. The molecule has 172 valence electrons. The predicted molar refractivity (Wildman–Crippen MR) is 138 cm³/mol. The summed E-state index contributed by atoms with van der Waals surface area (Å²) in [6.45, 7) is 0. The van der Waals surface area contributed by atoms with Gasteiger partial charge in [-0.25, -0.2) is 0 Å². The number of halogens is 5. The first-order chi connectivity index (χ1) is 16.0. The first kappa shape index (κ1) is 24.7. The maximum absolute atomic E-state index is 12.8. The number of hydrogen-bond acceptors (Lipinski definition) is 2. The van der Waals surface area contributed by atoms with Gasteiger partial charge in [-0.3, -0.25) is 9.59 Å². The normalized spacial score (nSPS) is 20.3. The molecule has 0 heterocycles. The molecule has 0 aliphatic heterocycles. The van der Waals surface area contributed by atoms with Gasteiger partial charge in [0.1, 0.15) is 9.75 Å². The number of hydrogen-bond donors (Lipinski definition) is 2. The molecule has 1 aliphatic carbocycles. The van der Waals surface area contributed by atoms with E-state index in [1.165, 1.54) is 12.1 Å². The van der Waals surface area contributed by atoms with E-state index in [0.717, 1.165) is 0 Å². The molecule has 1 fully saturated rings. The highest BCUT2D eigenvalue weighted by molar-refractivity contribution is 6.55. The van der Waals surface area contributed by atoms with Crippen molar-refractivity contribution in [2.45, 2.75) is 15.7 Å². The van der Waals surface area contributed by atoms with Crippen molar-refractivity contribution in [3.63, 3.8) is 0 Å². The lowest BCUT2D eigenvalue weighted by atomic mass is 9.89. The fourth-order valence-corrected chi connectivity index (χ4v) is 5.99. The summed E-state index contributed by atoms with van der Waals surface area (Å²) < 4.78 is -1.59. The van der Waals surface area contributed by atoms with Gasteiger partial charge in [-0.05, 0) is 65.7 Å². The standard InChI is InChI=1S/C25H15Cl5N2O2/c1-2-13-3-5-14(6-4-13)22(33)32-20-11-16(7-8-19(20)28)24(23(31)34)21(25(24,29)30)15-9-17(26)12-18(27)10-15/h1,3-12,21H,(H2,31,34)(H,32,33). The van der Waals surface area contributed by atoms with Gasteiger partial charge in [0.15, 0.2) is 0 Å². The highest BCUT2D eigenvalue weighted by Gasteiger charge is 2.80.